The van der Waals surface area contributed by atoms with Gasteiger partial charge >= 0.3 is 11.9 Å². The first-order valence-electron chi connectivity index (χ1n) is 7.99. The molecule has 3 N–H and O–H groups in total. The summed E-state index contributed by atoms with van der Waals surface area (Å²) in [4.78, 5) is 32.7. The van der Waals surface area contributed by atoms with Crippen LogP contribution in [0.5, 0.6) is 0 Å². The molecule has 26 heavy (non-hydrogen) atoms. The lowest BCUT2D eigenvalue weighted by Gasteiger charge is -2.15. The van der Waals surface area contributed by atoms with E-state index in [0.717, 1.165) is 20.7 Å². The molecule has 0 aliphatic heterocycles. The molecule has 1 aromatic carbocycles. The topological polar surface area (TPSA) is 112 Å². The standard InChI is InChI=1S/C18H17N3O4S/c1-10-19-16(21-13(18(24)25)7-8-15(22)23)12-9-14(26-17(12)20-10)11-5-3-2-4-6-11/h2-6,9,13H,7-8H2,1H3,(H,22,23)(H,24,25)(H,19,20,21). The molecule has 0 amide bonds. The second kappa shape index (κ2) is 7.49. The number of anilines is 1. The highest BCUT2D eigenvalue weighted by Gasteiger charge is 2.21. The van der Waals surface area contributed by atoms with Crippen LogP contribution in [-0.4, -0.2) is 38.2 Å². The van der Waals surface area contributed by atoms with Gasteiger partial charge in [0.25, 0.3) is 0 Å². The normalized spacial score (nSPS) is 12.0. The summed E-state index contributed by atoms with van der Waals surface area (Å²) in [6.07, 6.45) is -0.277. The lowest BCUT2D eigenvalue weighted by Crippen LogP contribution is -2.30. The van der Waals surface area contributed by atoms with Gasteiger partial charge in [-0.3, -0.25) is 4.79 Å². The Morgan fingerprint density at radius 2 is 1.92 bits per heavy atom. The molecule has 134 valence electrons. The van der Waals surface area contributed by atoms with Crippen LogP contribution in [0, 0.1) is 6.92 Å². The molecule has 0 fully saturated rings. The van der Waals surface area contributed by atoms with Crippen LogP contribution < -0.4 is 5.32 Å². The maximum atomic E-state index is 11.5. The minimum absolute atomic E-state index is 0.0368. The molecule has 1 unspecified atom stereocenters. The molecule has 8 heteroatoms. The summed E-state index contributed by atoms with van der Waals surface area (Å²) in [7, 11) is 0. The third-order valence-corrected chi connectivity index (χ3v) is 4.90. The molecular formula is C18H17N3O4S. The van der Waals surface area contributed by atoms with E-state index in [1.807, 2.05) is 36.4 Å². The van der Waals surface area contributed by atoms with E-state index in [0.29, 0.717) is 11.6 Å². The van der Waals surface area contributed by atoms with Crippen molar-refractivity contribution in [2.45, 2.75) is 25.8 Å². The number of carboxylic acid groups (broad SMARTS) is 2. The zero-order chi connectivity index (χ0) is 18.7. The van der Waals surface area contributed by atoms with Crippen molar-refractivity contribution < 1.29 is 19.8 Å². The predicted octanol–water partition coefficient (Wildman–Crippen LogP) is 3.40. The van der Waals surface area contributed by atoms with Gasteiger partial charge in [0.05, 0.1) is 5.39 Å². The highest BCUT2D eigenvalue weighted by Crippen LogP contribution is 2.35. The number of fused-ring (bicyclic) bond motifs is 1. The number of aliphatic carboxylic acids is 2. The third-order valence-electron chi connectivity index (χ3n) is 3.82. The lowest BCUT2D eigenvalue weighted by molar-refractivity contribution is -0.139. The van der Waals surface area contributed by atoms with E-state index in [-0.39, 0.29) is 12.8 Å². The molecule has 0 saturated carbocycles. The van der Waals surface area contributed by atoms with Gasteiger partial charge in [-0.05, 0) is 25.0 Å². The Morgan fingerprint density at radius 1 is 1.19 bits per heavy atom. The number of thiophene rings is 1. The quantitative estimate of drug-likeness (QED) is 0.583. The Morgan fingerprint density at radius 3 is 2.58 bits per heavy atom. The Labute approximate surface area is 153 Å². The number of rotatable bonds is 7. The summed E-state index contributed by atoms with van der Waals surface area (Å²) >= 11 is 1.50. The number of benzene rings is 1. The summed E-state index contributed by atoms with van der Waals surface area (Å²) in [5.41, 5.74) is 1.04. The average molecular weight is 371 g/mol. The van der Waals surface area contributed by atoms with Gasteiger partial charge in [0.1, 0.15) is 22.5 Å². The second-order valence-corrected chi connectivity index (χ2v) is 6.81. The minimum atomic E-state index is -1.12. The van der Waals surface area contributed by atoms with Crippen molar-refractivity contribution in [2.24, 2.45) is 0 Å². The summed E-state index contributed by atoms with van der Waals surface area (Å²) in [6, 6.07) is 10.7. The average Bonchev–Trinajstić information content (AvgIpc) is 3.02. The fourth-order valence-electron chi connectivity index (χ4n) is 2.57. The molecule has 2 heterocycles. The van der Waals surface area contributed by atoms with Gasteiger partial charge in [0, 0.05) is 11.3 Å². The van der Waals surface area contributed by atoms with Crippen LogP contribution >= 0.6 is 11.3 Å². The highest BCUT2D eigenvalue weighted by molar-refractivity contribution is 7.21. The van der Waals surface area contributed by atoms with Crippen LogP contribution in [0.2, 0.25) is 0 Å². The van der Waals surface area contributed by atoms with E-state index in [1.54, 1.807) is 6.92 Å². The lowest BCUT2D eigenvalue weighted by atomic mass is 10.1. The third kappa shape index (κ3) is 3.97. The molecule has 1 atom stereocenters. The summed E-state index contributed by atoms with van der Waals surface area (Å²) in [5, 5.41) is 21.8. The number of carbonyl (C=O) groups is 2. The molecule has 0 aliphatic rings. The van der Waals surface area contributed by atoms with E-state index in [4.69, 9.17) is 5.11 Å². The number of nitrogens with zero attached hydrogens (tertiary/aromatic N) is 2. The van der Waals surface area contributed by atoms with Gasteiger partial charge in [0.15, 0.2) is 0 Å². The molecule has 0 spiro atoms. The van der Waals surface area contributed by atoms with E-state index in [9.17, 15) is 14.7 Å². The molecule has 3 aromatic rings. The van der Waals surface area contributed by atoms with Gasteiger partial charge in [-0.1, -0.05) is 30.3 Å². The van der Waals surface area contributed by atoms with Crippen molar-refractivity contribution in [1.82, 2.24) is 9.97 Å². The molecule has 2 aromatic heterocycles. The summed E-state index contributed by atoms with van der Waals surface area (Å²) in [6.45, 7) is 1.74. The fraction of sp³-hybridized carbons (Fsp3) is 0.222. The van der Waals surface area contributed by atoms with Crippen molar-refractivity contribution in [3.8, 4) is 10.4 Å². The molecular weight excluding hydrogens is 354 g/mol. The number of aromatic nitrogens is 2. The van der Waals surface area contributed by atoms with Crippen molar-refractivity contribution >= 4 is 39.3 Å². The number of aryl methyl sites for hydroxylation is 1. The Kier molecular flexibility index (Phi) is 5.13. The monoisotopic (exact) mass is 371 g/mol. The maximum Gasteiger partial charge on any atom is 0.326 e. The zero-order valence-electron chi connectivity index (χ0n) is 14.0. The number of hydrogen-bond acceptors (Lipinski definition) is 6. The van der Waals surface area contributed by atoms with Crippen molar-refractivity contribution in [3.63, 3.8) is 0 Å². The number of hydrogen-bond donors (Lipinski definition) is 3. The van der Waals surface area contributed by atoms with Gasteiger partial charge in [0.2, 0.25) is 0 Å². The summed E-state index contributed by atoms with van der Waals surface area (Å²) < 4.78 is 0. The maximum absolute atomic E-state index is 11.5. The molecule has 0 bridgehead atoms. The molecule has 0 aliphatic carbocycles. The molecule has 0 saturated heterocycles. The Balaban J connectivity index is 1.98. The Bertz CT molecular complexity index is 956. The minimum Gasteiger partial charge on any atom is -0.481 e. The van der Waals surface area contributed by atoms with Crippen LogP contribution in [0.4, 0.5) is 5.82 Å². The fourth-order valence-corrected chi connectivity index (χ4v) is 3.66. The highest BCUT2D eigenvalue weighted by atomic mass is 32.1. The van der Waals surface area contributed by atoms with E-state index >= 15 is 0 Å². The second-order valence-electron chi connectivity index (χ2n) is 5.78. The predicted molar refractivity (Wildman–Crippen MR) is 99.5 cm³/mol. The van der Waals surface area contributed by atoms with E-state index in [1.165, 1.54) is 11.3 Å². The molecule has 3 rings (SSSR count). The van der Waals surface area contributed by atoms with Crippen LogP contribution in [0.25, 0.3) is 20.7 Å². The SMILES string of the molecule is Cc1nc(NC(CCC(=O)O)C(=O)O)c2cc(-c3ccccc3)sc2n1. The van der Waals surface area contributed by atoms with Crippen LogP contribution in [0.1, 0.15) is 18.7 Å². The molecule has 0 radical (unpaired) electrons. The largest absolute Gasteiger partial charge is 0.481 e. The smallest absolute Gasteiger partial charge is 0.326 e. The van der Waals surface area contributed by atoms with Crippen molar-refractivity contribution in [2.75, 3.05) is 5.32 Å². The van der Waals surface area contributed by atoms with Crippen molar-refractivity contribution in [1.29, 1.82) is 0 Å². The van der Waals surface area contributed by atoms with Crippen LogP contribution in [0.15, 0.2) is 36.4 Å². The Hall–Kier alpha value is -3.00. The van der Waals surface area contributed by atoms with E-state index < -0.39 is 18.0 Å². The van der Waals surface area contributed by atoms with Gasteiger partial charge in [-0.2, -0.15) is 0 Å². The van der Waals surface area contributed by atoms with Gasteiger partial charge in [-0.15, -0.1) is 11.3 Å². The first-order valence-corrected chi connectivity index (χ1v) is 8.80. The first kappa shape index (κ1) is 17.8. The van der Waals surface area contributed by atoms with Crippen LogP contribution in [-0.2, 0) is 9.59 Å². The molecule has 7 nitrogen and oxygen atoms in total. The van der Waals surface area contributed by atoms with Gasteiger partial charge in [-0.25, -0.2) is 14.8 Å². The zero-order valence-corrected chi connectivity index (χ0v) is 14.8. The number of carboxylic acids is 2. The van der Waals surface area contributed by atoms with Gasteiger partial charge < -0.3 is 15.5 Å². The first-order chi connectivity index (χ1) is 12.4. The number of nitrogens with one attached hydrogen (secondary N) is 1. The summed E-state index contributed by atoms with van der Waals surface area (Å²) in [5.74, 6) is -1.23. The van der Waals surface area contributed by atoms with Crippen LogP contribution in [0.3, 0.4) is 0 Å². The van der Waals surface area contributed by atoms with Crippen molar-refractivity contribution in [3.05, 3.63) is 42.2 Å². The van der Waals surface area contributed by atoms with E-state index in [2.05, 4.69) is 15.3 Å².